The molecule has 10 nitrogen and oxygen atoms in total. The molecule has 0 N–H and O–H groups in total. The molecule has 0 saturated carbocycles. The molecule has 2 aliphatic heterocycles. The molecule has 41 heavy (non-hydrogen) atoms. The predicted molar refractivity (Wildman–Crippen MR) is 152 cm³/mol. The van der Waals surface area contributed by atoms with Crippen molar-refractivity contribution in [1.29, 1.82) is 0 Å². The van der Waals surface area contributed by atoms with Crippen LogP contribution in [-0.2, 0) is 23.9 Å². The number of amides is 1. The van der Waals surface area contributed by atoms with Gasteiger partial charge in [-0.3, -0.25) is 23.9 Å². The van der Waals surface area contributed by atoms with Gasteiger partial charge in [0.25, 0.3) is 11.5 Å². The third-order valence-corrected chi connectivity index (χ3v) is 7.79. The molecule has 3 aromatic rings. The van der Waals surface area contributed by atoms with Crippen LogP contribution in [0.4, 0.5) is 5.69 Å². The third kappa shape index (κ3) is 4.97. The average molecular weight is 576 g/mol. The second-order valence-electron chi connectivity index (χ2n) is 9.72. The number of para-hydroxylation sites is 1. The number of anilines is 1. The molecule has 1 aromatic heterocycles. The molecule has 1 amide bonds. The van der Waals surface area contributed by atoms with E-state index in [1.807, 2.05) is 0 Å². The van der Waals surface area contributed by atoms with Crippen LogP contribution in [-0.4, -0.2) is 48.8 Å². The molecule has 0 fully saturated rings. The number of fused-ring (bicyclic) bond motifs is 2. The number of carbonyl (C=O) groups is 3. The summed E-state index contributed by atoms with van der Waals surface area (Å²) in [7, 11) is 1.55. The summed E-state index contributed by atoms with van der Waals surface area (Å²) in [5.74, 6) is -1.00. The number of allylic oxidation sites excluding steroid dienone is 1. The summed E-state index contributed by atoms with van der Waals surface area (Å²) in [5.41, 5.74) is 2.03. The van der Waals surface area contributed by atoms with E-state index >= 15 is 0 Å². The molecule has 0 radical (unpaired) electrons. The molecular formula is C30H29N3O7S. The molecule has 0 bridgehead atoms. The fourth-order valence-corrected chi connectivity index (χ4v) is 6.14. The van der Waals surface area contributed by atoms with E-state index in [2.05, 4.69) is 4.99 Å². The van der Waals surface area contributed by atoms with E-state index in [1.54, 1.807) is 83.3 Å². The summed E-state index contributed by atoms with van der Waals surface area (Å²) in [6.07, 6.45) is -0.385. The quantitative estimate of drug-likeness (QED) is 0.398. The minimum absolute atomic E-state index is 0.164. The van der Waals surface area contributed by atoms with Crippen LogP contribution in [0.25, 0.3) is 5.57 Å². The first-order chi connectivity index (χ1) is 19.7. The van der Waals surface area contributed by atoms with E-state index in [0.29, 0.717) is 33.1 Å². The number of ether oxygens (including phenoxy) is 3. The molecule has 212 valence electrons. The van der Waals surface area contributed by atoms with Gasteiger partial charge in [0, 0.05) is 5.56 Å². The monoisotopic (exact) mass is 575 g/mol. The first-order valence-electron chi connectivity index (χ1n) is 13.1. The number of carbonyl (C=O) groups excluding carboxylic acids is 3. The van der Waals surface area contributed by atoms with Gasteiger partial charge in [-0.15, -0.1) is 0 Å². The molecule has 0 aliphatic carbocycles. The number of benzene rings is 2. The van der Waals surface area contributed by atoms with E-state index in [9.17, 15) is 19.2 Å². The Hall–Kier alpha value is -4.51. The third-order valence-electron chi connectivity index (χ3n) is 6.73. The molecule has 1 atom stereocenters. The first kappa shape index (κ1) is 28.0. The number of methoxy groups -OCH3 is 1. The molecule has 2 aliphatic rings. The van der Waals surface area contributed by atoms with Crippen molar-refractivity contribution >= 4 is 40.4 Å². The maximum atomic E-state index is 14.2. The number of aromatic nitrogens is 1. The van der Waals surface area contributed by atoms with E-state index in [1.165, 1.54) is 9.47 Å². The number of hydrogen-bond acceptors (Lipinski definition) is 9. The maximum absolute atomic E-state index is 14.2. The van der Waals surface area contributed by atoms with Crippen molar-refractivity contribution in [3.63, 3.8) is 0 Å². The molecule has 11 heteroatoms. The Kier molecular flexibility index (Phi) is 7.63. The van der Waals surface area contributed by atoms with E-state index in [4.69, 9.17) is 14.2 Å². The van der Waals surface area contributed by atoms with Crippen LogP contribution in [0, 0.1) is 0 Å². The van der Waals surface area contributed by atoms with Crippen LogP contribution >= 0.6 is 11.3 Å². The second kappa shape index (κ2) is 11.2. The van der Waals surface area contributed by atoms with Crippen LogP contribution in [0.3, 0.4) is 0 Å². The zero-order valence-corrected chi connectivity index (χ0v) is 24.1. The van der Waals surface area contributed by atoms with Gasteiger partial charge in [0.2, 0.25) is 0 Å². The highest BCUT2D eigenvalue weighted by atomic mass is 32.1. The average Bonchev–Trinajstić information content (AvgIpc) is 3.40. The van der Waals surface area contributed by atoms with Gasteiger partial charge in [-0.05, 0) is 51.5 Å². The van der Waals surface area contributed by atoms with Gasteiger partial charge in [0.15, 0.2) is 4.80 Å². The topological polar surface area (TPSA) is 116 Å². The summed E-state index contributed by atoms with van der Waals surface area (Å²) < 4.78 is 17.5. The summed E-state index contributed by atoms with van der Waals surface area (Å²) >= 11 is 1.07. The van der Waals surface area contributed by atoms with Crippen molar-refractivity contribution in [2.24, 2.45) is 4.99 Å². The molecule has 5 rings (SSSR count). The predicted octanol–water partition coefficient (Wildman–Crippen LogP) is 2.48. The second-order valence-corrected chi connectivity index (χ2v) is 10.7. The van der Waals surface area contributed by atoms with Gasteiger partial charge < -0.3 is 14.2 Å². The molecular weight excluding hydrogens is 546 g/mol. The Morgan fingerprint density at radius 3 is 2.44 bits per heavy atom. The smallest absolute Gasteiger partial charge is 0.338 e. The highest BCUT2D eigenvalue weighted by Gasteiger charge is 2.38. The Morgan fingerprint density at radius 2 is 1.78 bits per heavy atom. The zero-order valence-electron chi connectivity index (χ0n) is 23.3. The summed E-state index contributed by atoms with van der Waals surface area (Å²) in [6, 6.07) is 13.2. The molecule has 0 saturated heterocycles. The number of esters is 2. The van der Waals surface area contributed by atoms with Crippen molar-refractivity contribution in [2.75, 3.05) is 25.2 Å². The van der Waals surface area contributed by atoms with E-state index in [0.717, 1.165) is 11.3 Å². The van der Waals surface area contributed by atoms with Gasteiger partial charge in [-0.1, -0.05) is 41.7 Å². The number of nitrogens with zero attached hydrogens (tertiary/aromatic N) is 3. The van der Waals surface area contributed by atoms with E-state index in [-0.39, 0.29) is 34.9 Å². The van der Waals surface area contributed by atoms with Gasteiger partial charge in [0.05, 0.1) is 48.4 Å². The van der Waals surface area contributed by atoms with Gasteiger partial charge in [-0.2, -0.15) is 0 Å². The highest BCUT2D eigenvalue weighted by molar-refractivity contribution is 7.07. The van der Waals surface area contributed by atoms with Crippen molar-refractivity contribution in [2.45, 2.75) is 39.8 Å². The van der Waals surface area contributed by atoms with Gasteiger partial charge in [-0.25, -0.2) is 9.79 Å². The van der Waals surface area contributed by atoms with Crippen molar-refractivity contribution in [1.82, 2.24) is 4.57 Å². The standard InChI is InChI=1S/C30H29N3O7S/c1-6-39-22(34)15-32-21-10-8-7-9-20(21)24(27(32)35)26-28(36)33-25(18-11-13-19(38-5)14-12-18)23(29(37)40-16(2)3)17(4)31-30(33)41-26/h7-14,16,25H,6,15H2,1-5H3/b26-24+/t25-/m1/s1. The normalized spacial score (nSPS) is 17.3. The Bertz CT molecular complexity index is 1770. The Labute approximate surface area is 239 Å². The van der Waals surface area contributed by atoms with Crippen LogP contribution < -0.4 is 24.5 Å². The Morgan fingerprint density at radius 1 is 1.07 bits per heavy atom. The van der Waals surface area contributed by atoms with Gasteiger partial charge >= 0.3 is 11.9 Å². The molecule has 0 unspecified atom stereocenters. The Balaban J connectivity index is 1.74. The fraction of sp³-hybridized carbons (Fsp3) is 0.300. The van der Waals surface area contributed by atoms with Crippen LogP contribution in [0.1, 0.15) is 44.9 Å². The number of hydrogen-bond donors (Lipinski definition) is 0. The molecule has 3 heterocycles. The lowest BCUT2D eigenvalue weighted by Crippen LogP contribution is -2.41. The summed E-state index contributed by atoms with van der Waals surface area (Å²) in [4.78, 5) is 59.9. The first-order valence-corrected chi connectivity index (χ1v) is 13.9. The minimum Gasteiger partial charge on any atom is -0.497 e. The molecule has 2 aromatic carbocycles. The van der Waals surface area contributed by atoms with Crippen molar-refractivity contribution in [3.8, 4) is 5.75 Å². The minimum atomic E-state index is -0.847. The lowest BCUT2D eigenvalue weighted by atomic mass is 9.95. The SMILES string of the molecule is CCOC(=O)CN1C(=O)/C(=c2/sc3n(c2=O)[C@H](c2ccc(OC)cc2)C(C(=O)OC(C)C)=C(C)N=3)c2ccccc21. The number of thiazole rings is 1. The highest BCUT2D eigenvalue weighted by Crippen LogP contribution is 2.36. The van der Waals surface area contributed by atoms with E-state index < -0.39 is 29.4 Å². The number of rotatable bonds is 7. The zero-order chi connectivity index (χ0) is 29.4. The van der Waals surface area contributed by atoms with Crippen molar-refractivity contribution in [3.05, 3.63) is 90.6 Å². The summed E-state index contributed by atoms with van der Waals surface area (Å²) in [5, 5.41) is 0. The maximum Gasteiger partial charge on any atom is 0.338 e. The van der Waals surface area contributed by atoms with Gasteiger partial charge in [0.1, 0.15) is 16.8 Å². The lowest BCUT2D eigenvalue weighted by molar-refractivity contribution is -0.143. The van der Waals surface area contributed by atoms with Crippen LogP contribution in [0.5, 0.6) is 5.75 Å². The molecule has 0 spiro atoms. The van der Waals surface area contributed by atoms with Crippen LogP contribution in [0.2, 0.25) is 0 Å². The largest absolute Gasteiger partial charge is 0.497 e. The lowest BCUT2D eigenvalue weighted by Gasteiger charge is -2.25. The van der Waals surface area contributed by atoms with Crippen molar-refractivity contribution < 1.29 is 28.6 Å². The van der Waals surface area contributed by atoms with Crippen LogP contribution in [0.15, 0.2) is 69.6 Å². The summed E-state index contributed by atoms with van der Waals surface area (Å²) in [6.45, 7) is 6.78. The fourth-order valence-electron chi connectivity index (χ4n) is 5.00.